The van der Waals surface area contributed by atoms with E-state index >= 15 is 0 Å². The number of aromatic nitrogens is 2. The van der Waals surface area contributed by atoms with E-state index in [4.69, 9.17) is 4.74 Å². The van der Waals surface area contributed by atoms with Crippen molar-refractivity contribution in [2.75, 3.05) is 26.0 Å². The Morgan fingerprint density at radius 3 is 2.95 bits per heavy atom. The van der Waals surface area contributed by atoms with Gasteiger partial charge in [-0.05, 0) is 50.9 Å². The Hall–Kier alpha value is -0.520. The number of hydrogen-bond acceptors (Lipinski definition) is 5. The summed E-state index contributed by atoms with van der Waals surface area (Å²) in [5.74, 6) is 1.57. The molecule has 6 heteroatoms. The molecule has 1 fully saturated rings. The van der Waals surface area contributed by atoms with Crippen LogP contribution in [0.4, 0.5) is 0 Å². The van der Waals surface area contributed by atoms with E-state index in [1.165, 1.54) is 44.1 Å². The highest BCUT2D eigenvalue weighted by Crippen LogP contribution is 2.18. The SMILES string of the molecule is CSc1nccc(OCCCC2CCNCC2)n1.Cl. The van der Waals surface area contributed by atoms with Crippen molar-refractivity contribution in [1.82, 2.24) is 15.3 Å². The summed E-state index contributed by atoms with van der Waals surface area (Å²) in [6, 6.07) is 1.82. The summed E-state index contributed by atoms with van der Waals surface area (Å²) < 4.78 is 5.66. The summed E-state index contributed by atoms with van der Waals surface area (Å²) in [6.07, 6.45) is 8.72. The van der Waals surface area contributed by atoms with Crippen LogP contribution in [0.1, 0.15) is 25.7 Å². The number of ether oxygens (including phenoxy) is 1. The van der Waals surface area contributed by atoms with Crippen LogP contribution in [0, 0.1) is 5.92 Å². The molecule has 2 rings (SSSR count). The van der Waals surface area contributed by atoms with Crippen molar-refractivity contribution in [2.24, 2.45) is 5.92 Å². The molecule has 2 heterocycles. The third-order valence-corrected chi connectivity index (χ3v) is 3.82. The van der Waals surface area contributed by atoms with Crippen LogP contribution in [-0.2, 0) is 0 Å². The molecule has 0 atom stereocenters. The topological polar surface area (TPSA) is 47.0 Å². The van der Waals surface area contributed by atoms with Crippen LogP contribution in [0.25, 0.3) is 0 Å². The van der Waals surface area contributed by atoms with Crippen LogP contribution in [0.2, 0.25) is 0 Å². The van der Waals surface area contributed by atoms with Gasteiger partial charge in [0, 0.05) is 12.3 Å². The van der Waals surface area contributed by atoms with Gasteiger partial charge < -0.3 is 10.1 Å². The van der Waals surface area contributed by atoms with Gasteiger partial charge in [-0.2, -0.15) is 4.98 Å². The molecule has 1 aliphatic rings. The molecule has 0 unspecified atom stereocenters. The maximum absolute atomic E-state index is 5.66. The number of halogens is 1. The number of rotatable bonds is 6. The Morgan fingerprint density at radius 1 is 1.42 bits per heavy atom. The molecule has 1 aliphatic heterocycles. The standard InChI is InChI=1S/C13H21N3OS.ClH/c1-18-13-15-9-6-12(16-13)17-10-2-3-11-4-7-14-8-5-11;/h6,9,11,14H,2-5,7-8,10H2,1H3;1H. The summed E-state index contributed by atoms with van der Waals surface area (Å²) in [7, 11) is 0. The lowest BCUT2D eigenvalue weighted by molar-refractivity contribution is 0.264. The lowest BCUT2D eigenvalue weighted by atomic mass is 9.93. The number of hydrogen-bond donors (Lipinski definition) is 1. The van der Waals surface area contributed by atoms with Crippen molar-refractivity contribution in [3.05, 3.63) is 12.3 Å². The maximum Gasteiger partial charge on any atom is 0.217 e. The first-order valence-corrected chi connectivity index (χ1v) is 7.81. The number of nitrogens with zero attached hydrogens (tertiary/aromatic N) is 2. The normalized spacial score (nSPS) is 15.8. The van der Waals surface area contributed by atoms with Gasteiger partial charge >= 0.3 is 0 Å². The third-order valence-electron chi connectivity index (χ3n) is 3.26. The quantitative estimate of drug-likeness (QED) is 0.497. The van der Waals surface area contributed by atoms with Crippen LogP contribution < -0.4 is 10.1 Å². The molecular formula is C13H22ClN3OS. The Morgan fingerprint density at radius 2 is 2.21 bits per heavy atom. The highest BCUT2D eigenvalue weighted by molar-refractivity contribution is 7.98. The van der Waals surface area contributed by atoms with E-state index in [2.05, 4.69) is 15.3 Å². The fraction of sp³-hybridized carbons (Fsp3) is 0.692. The fourth-order valence-corrected chi connectivity index (χ4v) is 2.57. The van der Waals surface area contributed by atoms with E-state index in [1.807, 2.05) is 12.3 Å². The zero-order valence-electron chi connectivity index (χ0n) is 11.3. The Labute approximate surface area is 125 Å². The minimum absolute atomic E-state index is 0. The molecule has 19 heavy (non-hydrogen) atoms. The van der Waals surface area contributed by atoms with Crippen molar-refractivity contribution in [1.29, 1.82) is 0 Å². The van der Waals surface area contributed by atoms with Crippen molar-refractivity contribution in [3.63, 3.8) is 0 Å². The van der Waals surface area contributed by atoms with Crippen LogP contribution in [0.15, 0.2) is 17.4 Å². The zero-order valence-corrected chi connectivity index (χ0v) is 12.9. The molecule has 108 valence electrons. The molecule has 0 amide bonds. The van der Waals surface area contributed by atoms with Gasteiger partial charge in [0.15, 0.2) is 5.16 Å². The van der Waals surface area contributed by atoms with Crippen molar-refractivity contribution in [2.45, 2.75) is 30.8 Å². The van der Waals surface area contributed by atoms with Crippen LogP contribution in [0.3, 0.4) is 0 Å². The second kappa shape index (κ2) is 9.39. The maximum atomic E-state index is 5.66. The predicted octanol–water partition coefficient (Wildman–Crippen LogP) is 2.78. The number of thioether (sulfide) groups is 1. The minimum atomic E-state index is 0. The predicted molar refractivity (Wildman–Crippen MR) is 81.4 cm³/mol. The Balaban J connectivity index is 0.00000180. The highest BCUT2D eigenvalue weighted by atomic mass is 35.5. The van der Waals surface area contributed by atoms with Gasteiger partial charge in [-0.25, -0.2) is 4.98 Å². The van der Waals surface area contributed by atoms with E-state index < -0.39 is 0 Å². The van der Waals surface area contributed by atoms with E-state index in [0.717, 1.165) is 24.1 Å². The van der Waals surface area contributed by atoms with E-state index in [-0.39, 0.29) is 12.4 Å². The molecule has 1 N–H and O–H groups in total. The summed E-state index contributed by atoms with van der Waals surface area (Å²) >= 11 is 1.54. The third kappa shape index (κ3) is 5.97. The van der Waals surface area contributed by atoms with Gasteiger partial charge in [0.2, 0.25) is 5.88 Å². The van der Waals surface area contributed by atoms with Gasteiger partial charge in [-0.15, -0.1) is 12.4 Å². The average molecular weight is 304 g/mol. The van der Waals surface area contributed by atoms with Crippen molar-refractivity contribution < 1.29 is 4.74 Å². The Kier molecular flexibility index (Phi) is 8.18. The monoisotopic (exact) mass is 303 g/mol. The molecule has 1 saturated heterocycles. The summed E-state index contributed by atoms with van der Waals surface area (Å²) in [6.45, 7) is 3.11. The highest BCUT2D eigenvalue weighted by Gasteiger charge is 2.12. The fourth-order valence-electron chi connectivity index (χ4n) is 2.22. The molecule has 1 aromatic rings. The largest absolute Gasteiger partial charge is 0.478 e. The van der Waals surface area contributed by atoms with Gasteiger partial charge in [0.25, 0.3) is 0 Å². The molecule has 4 nitrogen and oxygen atoms in total. The lowest BCUT2D eigenvalue weighted by Crippen LogP contribution is -2.27. The molecule has 1 aromatic heterocycles. The molecule has 0 aliphatic carbocycles. The molecule has 0 radical (unpaired) electrons. The first kappa shape index (κ1) is 16.5. The van der Waals surface area contributed by atoms with E-state index in [0.29, 0.717) is 5.88 Å². The van der Waals surface area contributed by atoms with Crippen LogP contribution in [-0.4, -0.2) is 35.9 Å². The van der Waals surface area contributed by atoms with Gasteiger partial charge in [-0.1, -0.05) is 11.8 Å². The minimum Gasteiger partial charge on any atom is -0.478 e. The second-order valence-electron chi connectivity index (χ2n) is 4.57. The van der Waals surface area contributed by atoms with Crippen LogP contribution in [0.5, 0.6) is 5.88 Å². The number of nitrogens with one attached hydrogen (secondary N) is 1. The second-order valence-corrected chi connectivity index (χ2v) is 5.34. The molecule has 0 bridgehead atoms. The molecule has 0 aromatic carbocycles. The van der Waals surface area contributed by atoms with Crippen LogP contribution >= 0.6 is 24.2 Å². The van der Waals surface area contributed by atoms with Crippen molar-refractivity contribution >= 4 is 24.2 Å². The number of piperidine rings is 1. The van der Waals surface area contributed by atoms with Gasteiger partial charge in [0.1, 0.15) is 0 Å². The molecule has 0 spiro atoms. The summed E-state index contributed by atoms with van der Waals surface area (Å²) in [5.41, 5.74) is 0. The molecular weight excluding hydrogens is 282 g/mol. The smallest absolute Gasteiger partial charge is 0.217 e. The zero-order chi connectivity index (χ0) is 12.6. The van der Waals surface area contributed by atoms with E-state index in [9.17, 15) is 0 Å². The van der Waals surface area contributed by atoms with Crippen molar-refractivity contribution in [3.8, 4) is 5.88 Å². The summed E-state index contributed by atoms with van der Waals surface area (Å²) in [5, 5.41) is 4.16. The lowest BCUT2D eigenvalue weighted by Gasteiger charge is -2.22. The van der Waals surface area contributed by atoms with Gasteiger partial charge in [-0.3, -0.25) is 0 Å². The first-order valence-electron chi connectivity index (χ1n) is 6.59. The average Bonchev–Trinajstić information content (AvgIpc) is 2.45. The van der Waals surface area contributed by atoms with Gasteiger partial charge in [0.05, 0.1) is 6.61 Å². The van der Waals surface area contributed by atoms with E-state index in [1.54, 1.807) is 6.20 Å². The first-order chi connectivity index (χ1) is 8.88. The Bertz CT molecular complexity index is 361. The summed E-state index contributed by atoms with van der Waals surface area (Å²) in [4.78, 5) is 8.42. The molecule has 0 saturated carbocycles.